The van der Waals surface area contributed by atoms with E-state index in [2.05, 4.69) is 15.3 Å². The van der Waals surface area contributed by atoms with Gasteiger partial charge in [-0.1, -0.05) is 23.2 Å². The molecule has 1 N–H and O–H groups in total. The zero-order valence-corrected chi connectivity index (χ0v) is 13.1. The lowest BCUT2D eigenvalue weighted by Crippen LogP contribution is -1.99. The predicted octanol–water partition coefficient (Wildman–Crippen LogP) is 4.95. The third kappa shape index (κ3) is 2.67. The average Bonchev–Trinajstić information content (AvgIpc) is 2.46. The Bertz CT molecular complexity index is 831. The summed E-state index contributed by atoms with van der Waals surface area (Å²) in [5.74, 6) is 1.43. The van der Waals surface area contributed by atoms with Gasteiger partial charge in [-0.05, 0) is 48.9 Å². The summed E-state index contributed by atoms with van der Waals surface area (Å²) in [6.45, 7) is 2.00. The summed E-state index contributed by atoms with van der Waals surface area (Å²) in [6, 6.07) is 11.3. The maximum absolute atomic E-state index is 6.05. The molecule has 0 saturated carbocycles. The fourth-order valence-electron chi connectivity index (χ4n) is 2.29. The first-order chi connectivity index (χ1) is 10.1. The van der Waals surface area contributed by atoms with E-state index in [-0.39, 0.29) is 0 Å². The Balaban J connectivity index is 2.26. The smallest absolute Gasteiger partial charge is 0.162 e. The van der Waals surface area contributed by atoms with Crippen LogP contribution in [0.1, 0.15) is 5.56 Å². The summed E-state index contributed by atoms with van der Waals surface area (Å²) in [5, 5.41) is 5.38. The summed E-state index contributed by atoms with van der Waals surface area (Å²) in [6.07, 6.45) is 0. The fourth-order valence-corrected chi connectivity index (χ4v) is 2.69. The van der Waals surface area contributed by atoms with E-state index in [9.17, 15) is 0 Å². The van der Waals surface area contributed by atoms with E-state index in [1.165, 1.54) is 0 Å². The molecule has 0 bridgehead atoms. The van der Waals surface area contributed by atoms with Crippen molar-refractivity contribution in [2.45, 2.75) is 6.92 Å². The van der Waals surface area contributed by atoms with Crippen LogP contribution in [0.4, 0.5) is 5.82 Å². The fraction of sp³-hybridized carbons (Fsp3) is 0.125. The number of benzene rings is 2. The monoisotopic (exact) mass is 317 g/mol. The number of hydrogen-bond acceptors (Lipinski definition) is 3. The highest BCUT2D eigenvalue weighted by Gasteiger charge is 2.11. The van der Waals surface area contributed by atoms with E-state index < -0.39 is 0 Å². The van der Waals surface area contributed by atoms with Gasteiger partial charge in [0.15, 0.2) is 5.82 Å². The van der Waals surface area contributed by atoms with Gasteiger partial charge in [0, 0.05) is 28.0 Å². The minimum atomic E-state index is 0.665. The normalized spacial score (nSPS) is 10.9. The van der Waals surface area contributed by atoms with Crippen molar-refractivity contribution in [3.8, 4) is 11.4 Å². The predicted molar refractivity (Wildman–Crippen MR) is 89.3 cm³/mol. The molecule has 0 amide bonds. The van der Waals surface area contributed by atoms with Gasteiger partial charge < -0.3 is 5.32 Å². The van der Waals surface area contributed by atoms with Gasteiger partial charge in [-0.15, -0.1) is 0 Å². The Morgan fingerprint density at radius 3 is 2.38 bits per heavy atom. The molecular formula is C16H13Cl2N3. The maximum Gasteiger partial charge on any atom is 0.162 e. The summed E-state index contributed by atoms with van der Waals surface area (Å²) in [7, 11) is 1.83. The Kier molecular flexibility index (Phi) is 3.70. The standard InChI is InChI=1S/C16H13Cl2N3/c1-9-7-10(17)3-5-12(9)16-20-14-6-4-11(18)8-13(14)15(19-2)21-16/h3-8H,1-2H3,(H,19,20,21). The number of aryl methyl sites for hydroxylation is 1. The van der Waals surface area contributed by atoms with Crippen molar-refractivity contribution in [3.05, 3.63) is 52.0 Å². The van der Waals surface area contributed by atoms with Crippen LogP contribution in [-0.2, 0) is 0 Å². The number of nitrogens with zero attached hydrogens (tertiary/aromatic N) is 2. The molecule has 3 aromatic rings. The molecule has 3 rings (SSSR count). The van der Waals surface area contributed by atoms with Gasteiger partial charge in [-0.3, -0.25) is 0 Å². The van der Waals surface area contributed by atoms with Gasteiger partial charge >= 0.3 is 0 Å². The molecular weight excluding hydrogens is 305 g/mol. The number of rotatable bonds is 2. The molecule has 1 aromatic heterocycles. The van der Waals surface area contributed by atoms with Gasteiger partial charge in [0.1, 0.15) is 5.82 Å². The summed E-state index contributed by atoms with van der Waals surface area (Å²) >= 11 is 12.1. The molecule has 0 unspecified atom stereocenters. The second kappa shape index (κ2) is 5.51. The first-order valence-corrected chi connectivity index (χ1v) is 7.25. The van der Waals surface area contributed by atoms with Crippen LogP contribution in [0.2, 0.25) is 10.0 Å². The third-order valence-electron chi connectivity index (χ3n) is 3.32. The van der Waals surface area contributed by atoms with Crippen LogP contribution in [-0.4, -0.2) is 17.0 Å². The van der Waals surface area contributed by atoms with Crippen molar-refractivity contribution < 1.29 is 0 Å². The maximum atomic E-state index is 6.05. The van der Waals surface area contributed by atoms with Crippen molar-refractivity contribution in [1.29, 1.82) is 0 Å². The number of hydrogen-bond donors (Lipinski definition) is 1. The number of halogens is 2. The highest BCUT2D eigenvalue weighted by atomic mass is 35.5. The second-order valence-corrected chi connectivity index (χ2v) is 5.64. The minimum absolute atomic E-state index is 0.665. The summed E-state index contributed by atoms with van der Waals surface area (Å²) in [4.78, 5) is 9.23. The van der Waals surface area contributed by atoms with E-state index in [0.717, 1.165) is 27.8 Å². The quantitative estimate of drug-likeness (QED) is 0.726. The molecule has 106 valence electrons. The van der Waals surface area contributed by atoms with Crippen molar-refractivity contribution in [2.75, 3.05) is 12.4 Å². The zero-order valence-electron chi connectivity index (χ0n) is 11.6. The lowest BCUT2D eigenvalue weighted by Gasteiger charge is -2.10. The van der Waals surface area contributed by atoms with Crippen molar-refractivity contribution in [3.63, 3.8) is 0 Å². The molecule has 0 saturated heterocycles. The molecule has 21 heavy (non-hydrogen) atoms. The Hall–Kier alpha value is -1.84. The summed E-state index contributed by atoms with van der Waals surface area (Å²) in [5.41, 5.74) is 2.86. The van der Waals surface area contributed by atoms with E-state index in [1.807, 2.05) is 50.4 Å². The van der Waals surface area contributed by atoms with Gasteiger partial charge in [0.2, 0.25) is 0 Å². The molecule has 0 atom stereocenters. The average molecular weight is 318 g/mol. The molecule has 0 fully saturated rings. The van der Waals surface area contributed by atoms with Crippen LogP contribution in [0.25, 0.3) is 22.3 Å². The van der Waals surface area contributed by atoms with Crippen molar-refractivity contribution in [2.24, 2.45) is 0 Å². The summed E-state index contributed by atoms with van der Waals surface area (Å²) < 4.78 is 0. The number of fused-ring (bicyclic) bond motifs is 1. The van der Waals surface area contributed by atoms with Crippen molar-refractivity contribution in [1.82, 2.24) is 9.97 Å². The zero-order chi connectivity index (χ0) is 15.0. The van der Waals surface area contributed by atoms with E-state index in [4.69, 9.17) is 23.2 Å². The van der Waals surface area contributed by atoms with Crippen LogP contribution in [0.3, 0.4) is 0 Å². The second-order valence-electron chi connectivity index (χ2n) is 4.77. The molecule has 1 heterocycles. The highest BCUT2D eigenvalue weighted by Crippen LogP contribution is 2.29. The molecule has 0 radical (unpaired) electrons. The molecule has 0 spiro atoms. The molecule has 0 aliphatic carbocycles. The Morgan fingerprint density at radius 1 is 0.952 bits per heavy atom. The Labute approximate surface area is 132 Å². The topological polar surface area (TPSA) is 37.8 Å². The molecule has 5 heteroatoms. The molecule has 3 nitrogen and oxygen atoms in total. The first kappa shape index (κ1) is 14.1. The van der Waals surface area contributed by atoms with Gasteiger partial charge in [-0.25, -0.2) is 9.97 Å². The molecule has 0 aliphatic heterocycles. The number of nitrogens with one attached hydrogen (secondary N) is 1. The Morgan fingerprint density at radius 2 is 1.67 bits per heavy atom. The van der Waals surface area contributed by atoms with E-state index in [0.29, 0.717) is 15.9 Å². The van der Waals surface area contributed by atoms with Gasteiger partial charge in [-0.2, -0.15) is 0 Å². The van der Waals surface area contributed by atoms with Crippen LogP contribution in [0.5, 0.6) is 0 Å². The van der Waals surface area contributed by atoms with Gasteiger partial charge in [0.05, 0.1) is 5.52 Å². The minimum Gasteiger partial charge on any atom is -0.373 e. The van der Waals surface area contributed by atoms with Crippen LogP contribution < -0.4 is 5.32 Å². The third-order valence-corrected chi connectivity index (χ3v) is 3.79. The van der Waals surface area contributed by atoms with Crippen LogP contribution >= 0.6 is 23.2 Å². The van der Waals surface area contributed by atoms with Crippen LogP contribution in [0.15, 0.2) is 36.4 Å². The lowest BCUT2D eigenvalue weighted by atomic mass is 10.1. The first-order valence-electron chi connectivity index (χ1n) is 6.50. The number of anilines is 1. The van der Waals surface area contributed by atoms with Gasteiger partial charge in [0.25, 0.3) is 0 Å². The van der Waals surface area contributed by atoms with E-state index in [1.54, 1.807) is 0 Å². The van der Waals surface area contributed by atoms with E-state index >= 15 is 0 Å². The molecule has 0 aliphatic rings. The van der Waals surface area contributed by atoms with Crippen LogP contribution in [0, 0.1) is 6.92 Å². The van der Waals surface area contributed by atoms with Crippen molar-refractivity contribution >= 4 is 39.9 Å². The number of aromatic nitrogens is 2. The molecule has 2 aromatic carbocycles. The highest BCUT2D eigenvalue weighted by molar-refractivity contribution is 6.31. The largest absolute Gasteiger partial charge is 0.373 e. The lowest BCUT2D eigenvalue weighted by molar-refractivity contribution is 1.20. The SMILES string of the molecule is CNc1nc(-c2ccc(Cl)cc2C)nc2ccc(Cl)cc12.